The van der Waals surface area contributed by atoms with Crippen LogP contribution in [0, 0.1) is 0 Å². The molecule has 0 unspecified atom stereocenters. The lowest BCUT2D eigenvalue weighted by molar-refractivity contribution is 0.390. The summed E-state index contributed by atoms with van der Waals surface area (Å²) in [6, 6.07) is 4.63. The van der Waals surface area contributed by atoms with Gasteiger partial charge in [-0.15, -0.1) is 11.3 Å². The van der Waals surface area contributed by atoms with Crippen LogP contribution in [0.2, 0.25) is 0 Å². The Hall–Kier alpha value is -1.84. The number of hydrogen-bond donors (Lipinski definition) is 1. The van der Waals surface area contributed by atoms with Crippen LogP contribution in [-0.2, 0) is 10.0 Å². The van der Waals surface area contributed by atoms with Crippen LogP contribution in [0.15, 0.2) is 34.7 Å². The first kappa shape index (κ1) is 18.0. The molecular formula is C16H21N3O4S2. The number of anilines is 1. The normalized spacial score (nSPS) is 16.0. The minimum atomic E-state index is -3.69. The molecule has 25 heavy (non-hydrogen) atoms. The number of piperidine rings is 1. The summed E-state index contributed by atoms with van der Waals surface area (Å²) in [5.74, 6) is 0.772. The first-order chi connectivity index (χ1) is 12.0. The first-order valence-corrected chi connectivity index (χ1v) is 10.3. The number of aromatic nitrogens is 1. The van der Waals surface area contributed by atoms with Gasteiger partial charge in [-0.05, 0) is 25.0 Å². The van der Waals surface area contributed by atoms with Crippen molar-refractivity contribution >= 4 is 26.5 Å². The van der Waals surface area contributed by atoms with Gasteiger partial charge in [0, 0.05) is 36.8 Å². The third-order valence-electron chi connectivity index (χ3n) is 4.17. The highest BCUT2D eigenvalue weighted by molar-refractivity contribution is 7.89. The standard InChI is InChI=1S/C16H21N3O4S2/c1-22-13-3-4-14(23-2)15(11-13)25(20,21)18-12-5-8-19(9-6-12)16-17-7-10-24-16/h3-4,7,10-12,18H,5-6,8-9H2,1-2H3. The van der Waals surface area contributed by atoms with E-state index in [1.807, 2.05) is 5.38 Å². The Morgan fingerprint density at radius 1 is 1.24 bits per heavy atom. The molecule has 0 aliphatic carbocycles. The maximum Gasteiger partial charge on any atom is 0.244 e. The lowest BCUT2D eigenvalue weighted by Crippen LogP contribution is -2.44. The van der Waals surface area contributed by atoms with Crippen LogP contribution < -0.4 is 19.1 Å². The third kappa shape index (κ3) is 4.05. The second kappa shape index (κ2) is 7.59. The SMILES string of the molecule is COc1ccc(OC)c(S(=O)(=O)NC2CCN(c3nccs3)CC2)c1. The molecule has 0 spiro atoms. The van der Waals surface area contributed by atoms with E-state index in [1.165, 1.54) is 20.3 Å². The van der Waals surface area contributed by atoms with Gasteiger partial charge in [0.25, 0.3) is 0 Å². The lowest BCUT2D eigenvalue weighted by Gasteiger charge is -2.32. The smallest absolute Gasteiger partial charge is 0.244 e. The maximum atomic E-state index is 12.8. The van der Waals surface area contributed by atoms with E-state index in [9.17, 15) is 8.42 Å². The van der Waals surface area contributed by atoms with Crippen molar-refractivity contribution in [2.75, 3.05) is 32.2 Å². The first-order valence-electron chi connectivity index (χ1n) is 7.92. The highest BCUT2D eigenvalue weighted by Gasteiger charge is 2.27. The zero-order valence-corrected chi connectivity index (χ0v) is 15.8. The number of hydrogen-bond acceptors (Lipinski definition) is 7. The Bertz CT molecular complexity index is 801. The van der Waals surface area contributed by atoms with Crippen LogP contribution in [0.3, 0.4) is 0 Å². The summed E-state index contributed by atoms with van der Waals surface area (Å²) in [6.07, 6.45) is 3.24. The van der Waals surface area contributed by atoms with E-state index in [0.29, 0.717) is 11.5 Å². The zero-order valence-electron chi connectivity index (χ0n) is 14.1. The van der Waals surface area contributed by atoms with Gasteiger partial charge in [-0.3, -0.25) is 0 Å². The van der Waals surface area contributed by atoms with Crippen LogP contribution in [0.4, 0.5) is 5.13 Å². The summed E-state index contributed by atoms with van der Waals surface area (Å²) >= 11 is 1.60. The Labute approximate surface area is 151 Å². The molecule has 2 aromatic rings. The van der Waals surface area contributed by atoms with Crippen molar-refractivity contribution in [1.29, 1.82) is 0 Å². The molecule has 0 atom stereocenters. The third-order valence-corrected chi connectivity index (χ3v) is 6.54. The second-order valence-electron chi connectivity index (χ2n) is 5.71. The molecule has 3 rings (SSSR count). The molecule has 1 aromatic carbocycles. The van der Waals surface area contributed by atoms with E-state index in [-0.39, 0.29) is 10.9 Å². The maximum absolute atomic E-state index is 12.8. The van der Waals surface area contributed by atoms with Crippen LogP contribution >= 0.6 is 11.3 Å². The van der Waals surface area contributed by atoms with E-state index in [4.69, 9.17) is 9.47 Å². The van der Waals surface area contributed by atoms with Crippen LogP contribution in [0.5, 0.6) is 11.5 Å². The molecule has 0 amide bonds. The summed E-state index contributed by atoms with van der Waals surface area (Å²) < 4.78 is 38.7. The van der Waals surface area contributed by atoms with Crippen molar-refractivity contribution in [2.45, 2.75) is 23.8 Å². The predicted molar refractivity (Wildman–Crippen MR) is 97.2 cm³/mol. The van der Waals surface area contributed by atoms with E-state index in [2.05, 4.69) is 14.6 Å². The van der Waals surface area contributed by atoms with Gasteiger partial charge in [0.05, 0.1) is 14.2 Å². The van der Waals surface area contributed by atoms with Gasteiger partial charge in [-0.2, -0.15) is 0 Å². The molecule has 1 fully saturated rings. The lowest BCUT2D eigenvalue weighted by atomic mass is 10.1. The molecule has 2 heterocycles. The van der Waals surface area contributed by atoms with Crippen molar-refractivity contribution in [3.63, 3.8) is 0 Å². The molecule has 0 saturated carbocycles. The molecule has 0 bridgehead atoms. The zero-order chi connectivity index (χ0) is 17.9. The summed E-state index contributed by atoms with van der Waals surface area (Å²) in [5.41, 5.74) is 0. The largest absolute Gasteiger partial charge is 0.497 e. The van der Waals surface area contributed by atoms with E-state index < -0.39 is 10.0 Å². The molecule has 1 N–H and O–H groups in total. The summed E-state index contributed by atoms with van der Waals surface area (Å²) in [6.45, 7) is 1.55. The molecule has 1 aromatic heterocycles. The van der Waals surface area contributed by atoms with Crippen molar-refractivity contribution in [3.05, 3.63) is 29.8 Å². The highest BCUT2D eigenvalue weighted by atomic mass is 32.2. The fraction of sp³-hybridized carbons (Fsp3) is 0.438. The van der Waals surface area contributed by atoms with E-state index in [1.54, 1.807) is 29.7 Å². The number of benzene rings is 1. The van der Waals surface area contributed by atoms with Crippen molar-refractivity contribution in [3.8, 4) is 11.5 Å². The van der Waals surface area contributed by atoms with Gasteiger partial charge in [0.15, 0.2) is 5.13 Å². The molecule has 7 nitrogen and oxygen atoms in total. The molecule has 1 aliphatic heterocycles. The van der Waals surface area contributed by atoms with Crippen molar-refractivity contribution < 1.29 is 17.9 Å². The predicted octanol–water partition coefficient (Wildman–Crippen LogP) is 2.11. The fourth-order valence-electron chi connectivity index (χ4n) is 2.84. The average molecular weight is 383 g/mol. The number of thiazole rings is 1. The number of ether oxygens (including phenoxy) is 2. The van der Waals surface area contributed by atoms with E-state index in [0.717, 1.165) is 31.1 Å². The number of nitrogens with zero attached hydrogens (tertiary/aromatic N) is 2. The Morgan fingerprint density at radius 3 is 2.60 bits per heavy atom. The second-order valence-corrected chi connectivity index (χ2v) is 8.27. The van der Waals surface area contributed by atoms with Gasteiger partial charge < -0.3 is 14.4 Å². The number of methoxy groups -OCH3 is 2. The van der Waals surface area contributed by atoms with Crippen LogP contribution in [0.1, 0.15) is 12.8 Å². The van der Waals surface area contributed by atoms with Gasteiger partial charge in [-0.25, -0.2) is 18.1 Å². The molecule has 9 heteroatoms. The summed E-state index contributed by atoms with van der Waals surface area (Å²) in [5, 5.41) is 2.93. The van der Waals surface area contributed by atoms with Crippen molar-refractivity contribution in [2.24, 2.45) is 0 Å². The molecule has 136 valence electrons. The van der Waals surface area contributed by atoms with Crippen molar-refractivity contribution in [1.82, 2.24) is 9.71 Å². The molecule has 0 radical (unpaired) electrons. The Balaban J connectivity index is 1.70. The summed E-state index contributed by atoms with van der Waals surface area (Å²) in [4.78, 5) is 6.58. The van der Waals surface area contributed by atoms with Gasteiger partial charge in [0.1, 0.15) is 16.4 Å². The summed E-state index contributed by atoms with van der Waals surface area (Å²) in [7, 11) is -0.741. The van der Waals surface area contributed by atoms with Gasteiger partial charge >= 0.3 is 0 Å². The highest BCUT2D eigenvalue weighted by Crippen LogP contribution is 2.29. The minimum Gasteiger partial charge on any atom is -0.497 e. The monoisotopic (exact) mass is 383 g/mol. The topological polar surface area (TPSA) is 80.8 Å². The minimum absolute atomic E-state index is 0.0942. The van der Waals surface area contributed by atoms with E-state index >= 15 is 0 Å². The van der Waals surface area contributed by atoms with Crippen LogP contribution in [0.25, 0.3) is 0 Å². The number of rotatable bonds is 6. The number of sulfonamides is 1. The van der Waals surface area contributed by atoms with Gasteiger partial charge in [0.2, 0.25) is 10.0 Å². The molecular weight excluding hydrogens is 362 g/mol. The average Bonchev–Trinajstić information content (AvgIpc) is 3.16. The number of nitrogens with one attached hydrogen (secondary N) is 1. The Morgan fingerprint density at radius 2 is 2.00 bits per heavy atom. The van der Waals surface area contributed by atoms with Gasteiger partial charge in [-0.1, -0.05) is 0 Å². The fourth-order valence-corrected chi connectivity index (χ4v) is 5.02. The Kier molecular flexibility index (Phi) is 5.45. The molecule has 1 aliphatic rings. The molecule has 1 saturated heterocycles. The van der Waals surface area contributed by atoms with Crippen LogP contribution in [-0.4, -0.2) is 46.8 Å². The quantitative estimate of drug-likeness (QED) is 0.823.